The molecule has 68 valence electrons. The van der Waals surface area contributed by atoms with Crippen LogP contribution in [0.25, 0.3) is 0 Å². The molecule has 3 nitrogen and oxygen atoms in total. The SMILES string of the molecule is O=C(CC1CC1)N[C@@H]1CCNC1. The number of hydrogen-bond donors (Lipinski definition) is 2. The zero-order valence-corrected chi connectivity index (χ0v) is 7.31. The first-order valence-corrected chi connectivity index (χ1v) is 4.84. The average molecular weight is 168 g/mol. The molecular formula is C9H16N2O. The van der Waals surface area contributed by atoms with E-state index < -0.39 is 0 Å². The predicted octanol–water partition coefficient (Wildman–Crippen LogP) is 0.265. The summed E-state index contributed by atoms with van der Waals surface area (Å²) in [5, 5.41) is 6.28. The van der Waals surface area contributed by atoms with Crippen LogP contribution in [0.2, 0.25) is 0 Å². The van der Waals surface area contributed by atoms with Crippen molar-refractivity contribution in [2.75, 3.05) is 13.1 Å². The number of carbonyl (C=O) groups is 1. The smallest absolute Gasteiger partial charge is 0.220 e. The highest BCUT2D eigenvalue weighted by Gasteiger charge is 2.25. The van der Waals surface area contributed by atoms with Crippen LogP contribution >= 0.6 is 0 Å². The third kappa shape index (κ3) is 2.21. The lowest BCUT2D eigenvalue weighted by Crippen LogP contribution is -2.36. The molecule has 3 heteroatoms. The van der Waals surface area contributed by atoms with Gasteiger partial charge in [-0.15, -0.1) is 0 Å². The van der Waals surface area contributed by atoms with Crippen LogP contribution in [0.4, 0.5) is 0 Å². The Kier molecular flexibility index (Phi) is 2.30. The van der Waals surface area contributed by atoms with Crippen LogP contribution in [0.3, 0.4) is 0 Å². The average Bonchev–Trinajstić information content (AvgIpc) is 2.66. The van der Waals surface area contributed by atoms with Crippen molar-refractivity contribution in [3.05, 3.63) is 0 Å². The van der Waals surface area contributed by atoms with Crippen LogP contribution in [-0.4, -0.2) is 25.0 Å². The molecule has 1 saturated carbocycles. The van der Waals surface area contributed by atoms with E-state index in [1.54, 1.807) is 0 Å². The molecule has 2 aliphatic rings. The molecule has 12 heavy (non-hydrogen) atoms. The Balaban J connectivity index is 1.66. The largest absolute Gasteiger partial charge is 0.352 e. The standard InChI is InChI=1S/C9H16N2O/c12-9(5-7-1-2-7)11-8-3-4-10-6-8/h7-8,10H,1-6H2,(H,11,12)/t8-/m1/s1. The molecule has 1 atom stereocenters. The van der Waals surface area contributed by atoms with Gasteiger partial charge in [-0.25, -0.2) is 0 Å². The number of hydrogen-bond acceptors (Lipinski definition) is 2. The van der Waals surface area contributed by atoms with Gasteiger partial charge in [0.15, 0.2) is 0 Å². The Morgan fingerprint density at radius 1 is 1.42 bits per heavy atom. The van der Waals surface area contributed by atoms with E-state index in [2.05, 4.69) is 10.6 Å². The lowest BCUT2D eigenvalue weighted by Gasteiger charge is -2.10. The van der Waals surface area contributed by atoms with Crippen LogP contribution in [-0.2, 0) is 4.79 Å². The highest BCUT2D eigenvalue weighted by Crippen LogP contribution is 2.32. The number of nitrogens with one attached hydrogen (secondary N) is 2. The minimum absolute atomic E-state index is 0.256. The Bertz CT molecular complexity index is 171. The van der Waals surface area contributed by atoms with Gasteiger partial charge in [-0.1, -0.05) is 0 Å². The number of amides is 1. The third-order valence-corrected chi connectivity index (χ3v) is 2.60. The van der Waals surface area contributed by atoms with Gasteiger partial charge >= 0.3 is 0 Å². The summed E-state index contributed by atoms with van der Waals surface area (Å²) in [6, 6.07) is 0.399. The van der Waals surface area contributed by atoms with Crippen molar-refractivity contribution >= 4 is 5.91 Å². The molecule has 0 unspecified atom stereocenters. The molecule has 0 bridgehead atoms. The van der Waals surface area contributed by atoms with Gasteiger partial charge in [0.25, 0.3) is 0 Å². The lowest BCUT2D eigenvalue weighted by atomic mass is 10.2. The third-order valence-electron chi connectivity index (χ3n) is 2.60. The van der Waals surface area contributed by atoms with E-state index in [4.69, 9.17) is 0 Å². The normalized spacial score (nSPS) is 28.8. The summed E-state index contributed by atoms with van der Waals surface area (Å²) >= 11 is 0. The number of rotatable bonds is 3. The van der Waals surface area contributed by atoms with E-state index in [1.165, 1.54) is 12.8 Å². The summed E-state index contributed by atoms with van der Waals surface area (Å²) < 4.78 is 0. The maximum Gasteiger partial charge on any atom is 0.220 e. The van der Waals surface area contributed by atoms with Crippen LogP contribution in [0, 0.1) is 5.92 Å². The van der Waals surface area contributed by atoms with Gasteiger partial charge in [0.1, 0.15) is 0 Å². The Morgan fingerprint density at radius 3 is 2.83 bits per heavy atom. The maximum atomic E-state index is 11.3. The van der Waals surface area contributed by atoms with Gasteiger partial charge in [0, 0.05) is 19.0 Å². The monoisotopic (exact) mass is 168 g/mol. The van der Waals surface area contributed by atoms with E-state index >= 15 is 0 Å². The molecular weight excluding hydrogens is 152 g/mol. The highest BCUT2D eigenvalue weighted by atomic mass is 16.1. The van der Waals surface area contributed by atoms with Gasteiger partial charge in [-0.05, 0) is 31.7 Å². The van der Waals surface area contributed by atoms with Crippen LogP contribution in [0.1, 0.15) is 25.7 Å². The summed E-state index contributed by atoms with van der Waals surface area (Å²) in [7, 11) is 0. The quantitative estimate of drug-likeness (QED) is 0.635. The summed E-state index contributed by atoms with van der Waals surface area (Å²) in [5.41, 5.74) is 0. The zero-order chi connectivity index (χ0) is 8.39. The first kappa shape index (κ1) is 8.05. The summed E-state index contributed by atoms with van der Waals surface area (Å²) in [4.78, 5) is 11.3. The van der Waals surface area contributed by atoms with E-state index in [9.17, 15) is 4.79 Å². The second-order valence-corrected chi connectivity index (χ2v) is 3.90. The molecule has 0 spiro atoms. The topological polar surface area (TPSA) is 41.1 Å². The van der Waals surface area contributed by atoms with E-state index in [-0.39, 0.29) is 5.91 Å². The highest BCUT2D eigenvalue weighted by molar-refractivity contribution is 5.76. The Labute approximate surface area is 72.9 Å². The van der Waals surface area contributed by atoms with Crippen molar-refractivity contribution in [2.24, 2.45) is 5.92 Å². The van der Waals surface area contributed by atoms with Gasteiger partial charge in [-0.3, -0.25) is 4.79 Å². The van der Waals surface area contributed by atoms with Crippen molar-refractivity contribution in [3.63, 3.8) is 0 Å². The summed E-state index contributed by atoms with van der Waals surface area (Å²) in [6.07, 6.45) is 4.37. The fourth-order valence-electron chi connectivity index (χ4n) is 1.65. The molecule has 2 fully saturated rings. The van der Waals surface area contributed by atoms with Crippen LogP contribution in [0.5, 0.6) is 0 Å². The van der Waals surface area contributed by atoms with Gasteiger partial charge < -0.3 is 10.6 Å². The second kappa shape index (κ2) is 3.44. The molecule has 1 saturated heterocycles. The summed E-state index contributed by atoms with van der Waals surface area (Å²) in [6.45, 7) is 2.00. The lowest BCUT2D eigenvalue weighted by molar-refractivity contribution is -0.122. The predicted molar refractivity (Wildman–Crippen MR) is 46.8 cm³/mol. The molecule has 0 aromatic rings. The molecule has 1 aliphatic heterocycles. The van der Waals surface area contributed by atoms with Crippen molar-refractivity contribution < 1.29 is 4.79 Å². The van der Waals surface area contributed by atoms with E-state index in [0.29, 0.717) is 12.0 Å². The molecule has 0 aromatic carbocycles. The van der Waals surface area contributed by atoms with Gasteiger partial charge in [0.2, 0.25) is 5.91 Å². The fraction of sp³-hybridized carbons (Fsp3) is 0.889. The number of carbonyl (C=O) groups excluding carboxylic acids is 1. The molecule has 1 aliphatic carbocycles. The van der Waals surface area contributed by atoms with Gasteiger partial charge in [0.05, 0.1) is 0 Å². The zero-order valence-electron chi connectivity index (χ0n) is 7.31. The van der Waals surface area contributed by atoms with Crippen molar-refractivity contribution in [3.8, 4) is 0 Å². The molecule has 1 heterocycles. The second-order valence-electron chi connectivity index (χ2n) is 3.90. The molecule has 0 aromatic heterocycles. The van der Waals surface area contributed by atoms with Gasteiger partial charge in [-0.2, -0.15) is 0 Å². The molecule has 2 N–H and O–H groups in total. The van der Waals surface area contributed by atoms with Crippen molar-refractivity contribution in [1.29, 1.82) is 0 Å². The minimum atomic E-state index is 0.256. The van der Waals surface area contributed by atoms with Crippen molar-refractivity contribution in [2.45, 2.75) is 31.7 Å². The summed E-state index contributed by atoms with van der Waals surface area (Å²) in [5.74, 6) is 0.963. The minimum Gasteiger partial charge on any atom is -0.352 e. The fourth-order valence-corrected chi connectivity index (χ4v) is 1.65. The van der Waals surface area contributed by atoms with E-state index in [1.807, 2.05) is 0 Å². The Hall–Kier alpha value is -0.570. The van der Waals surface area contributed by atoms with E-state index in [0.717, 1.165) is 25.9 Å². The molecule has 2 rings (SSSR count). The first-order chi connectivity index (χ1) is 5.84. The molecule has 1 amide bonds. The maximum absolute atomic E-state index is 11.3. The van der Waals surface area contributed by atoms with Crippen molar-refractivity contribution in [1.82, 2.24) is 10.6 Å². The first-order valence-electron chi connectivity index (χ1n) is 4.84. The van der Waals surface area contributed by atoms with Crippen LogP contribution < -0.4 is 10.6 Å². The molecule has 0 radical (unpaired) electrons. The Morgan fingerprint density at radius 2 is 2.25 bits per heavy atom. The van der Waals surface area contributed by atoms with Crippen LogP contribution in [0.15, 0.2) is 0 Å².